The molecule has 1 heterocycles. The molecule has 7 nitrogen and oxygen atoms in total. The van der Waals surface area contributed by atoms with Crippen LogP contribution in [-0.2, 0) is 12.0 Å². The Hall–Kier alpha value is -3.41. The molecule has 0 radical (unpaired) electrons. The maximum absolute atomic E-state index is 14.3. The Morgan fingerprint density at radius 1 is 1.15 bits per heavy atom. The number of ether oxygens (including phenoxy) is 2. The largest absolute Gasteiger partial charge is 0.493 e. The summed E-state index contributed by atoms with van der Waals surface area (Å²) >= 11 is 5.85. The number of hydrogen-bond donors (Lipinski definition) is 3. The average molecular weight is 568 g/mol. The van der Waals surface area contributed by atoms with Crippen molar-refractivity contribution in [2.45, 2.75) is 37.1 Å². The van der Waals surface area contributed by atoms with Gasteiger partial charge in [0.25, 0.3) is 5.91 Å². The first-order valence-corrected chi connectivity index (χ1v) is 12.4. The molecule has 0 saturated heterocycles. The minimum atomic E-state index is -5.23. The number of nitrogens with two attached hydrogens (primary N) is 1. The first kappa shape index (κ1) is 28.6. The molecule has 208 valence electrons. The molecule has 1 aliphatic rings. The van der Waals surface area contributed by atoms with E-state index in [9.17, 15) is 27.5 Å². The standard InChI is InChI=1S/C27H26ClF4N3O4/c1-38-23-13-17(3-7-22(23)39-18-4-5-18)25(36)34-14-26(37,27(30,31)32)24-11-15(8-9-33)10-21(35-24)16-2-6-20(29)19(28)12-16/h2-3,6-7,10-13,18,37H,4-5,8-9,14,33H2,1H3,(H,34,36). The minimum Gasteiger partial charge on any atom is -0.493 e. The van der Waals surface area contributed by atoms with Crippen LogP contribution in [0.2, 0.25) is 5.02 Å². The molecular formula is C27H26ClF4N3O4. The fourth-order valence-electron chi connectivity index (χ4n) is 3.83. The molecule has 0 spiro atoms. The fraction of sp³-hybridized carbons (Fsp3) is 0.333. The number of aliphatic hydroxyl groups is 1. The quantitative estimate of drug-likeness (QED) is 0.305. The van der Waals surface area contributed by atoms with Gasteiger partial charge in [0.2, 0.25) is 5.60 Å². The van der Waals surface area contributed by atoms with Crippen LogP contribution in [0.3, 0.4) is 0 Å². The van der Waals surface area contributed by atoms with Crippen molar-refractivity contribution < 1.29 is 36.9 Å². The summed E-state index contributed by atoms with van der Waals surface area (Å²) < 4.78 is 67.6. The molecule has 1 aromatic heterocycles. The Labute approximate surface area is 226 Å². The Morgan fingerprint density at radius 3 is 2.51 bits per heavy atom. The molecule has 3 aromatic rings. The molecule has 12 heteroatoms. The molecule has 1 aliphatic carbocycles. The summed E-state index contributed by atoms with van der Waals surface area (Å²) in [5.74, 6) is -0.924. The van der Waals surface area contributed by atoms with Crippen molar-refractivity contribution >= 4 is 17.5 Å². The molecule has 0 aliphatic heterocycles. The van der Waals surface area contributed by atoms with Gasteiger partial charge in [-0.2, -0.15) is 13.2 Å². The predicted octanol–water partition coefficient (Wildman–Crippen LogP) is 4.77. The SMILES string of the molecule is COc1cc(C(=O)NCC(O)(c2cc(CCN)cc(-c3ccc(F)c(Cl)c3)n2)C(F)(F)F)ccc1OC1CC1. The van der Waals surface area contributed by atoms with Crippen LogP contribution in [-0.4, -0.2) is 48.5 Å². The summed E-state index contributed by atoms with van der Waals surface area (Å²) in [6, 6.07) is 10.4. The molecule has 4 rings (SSSR count). The highest BCUT2D eigenvalue weighted by Crippen LogP contribution is 2.39. The summed E-state index contributed by atoms with van der Waals surface area (Å²) in [5.41, 5.74) is 1.89. The minimum absolute atomic E-state index is 0.00556. The molecule has 1 amide bonds. The Morgan fingerprint density at radius 2 is 1.90 bits per heavy atom. The molecule has 39 heavy (non-hydrogen) atoms. The van der Waals surface area contributed by atoms with Crippen molar-refractivity contribution in [1.82, 2.24) is 10.3 Å². The number of amides is 1. The van der Waals surface area contributed by atoms with Crippen molar-refractivity contribution in [3.05, 3.63) is 76.2 Å². The maximum atomic E-state index is 14.3. The van der Waals surface area contributed by atoms with Crippen molar-refractivity contribution in [2.24, 2.45) is 5.73 Å². The zero-order chi connectivity index (χ0) is 28.4. The summed E-state index contributed by atoms with van der Waals surface area (Å²) in [4.78, 5) is 16.9. The topological polar surface area (TPSA) is 107 Å². The van der Waals surface area contributed by atoms with Gasteiger partial charge in [0.15, 0.2) is 11.5 Å². The van der Waals surface area contributed by atoms with Crippen LogP contribution in [0.15, 0.2) is 48.5 Å². The first-order valence-electron chi connectivity index (χ1n) is 12.0. The third kappa shape index (κ3) is 6.43. The molecule has 1 atom stereocenters. The Kier molecular flexibility index (Phi) is 8.34. The van der Waals surface area contributed by atoms with Crippen LogP contribution in [0.5, 0.6) is 11.5 Å². The van der Waals surface area contributed by atoms with E-state index in [4.69, 9.17) is 26.8 Å². The zero-order valence-electron chi connectivity index (χ0n) is 20.8. The summed E-state index contributed by atoms with van der Waals surface area (Å²) in [7, 11) is 1.38. The number of benzene rings is 2. The number of rotatable bonds is 10. The number of hydrogen-bond acceptors (Lipinski definition) is 6. The molecule has 1 fully saturated rings. The average Bonchev–Trinajstić information content (AvgIpc) is 3.72. The van der Waals surface area contributed by atoms with Crippen LogP contribution < -0.4 is 20.5 Å². The van der Waals surface area contributed by atoms with E-state index in [-0.39, 0.29) is 46.7 Å². The number of alkyl halides is 3. The monoisotopic (exact) mass is 567 g/mol. The zero-order valence-corrected chi connectivity index (χ0v) is 21.6. The highest BCUT2D eigenvalue weighted by atomic mass is 35.5. The lowest BCUT2D eigenvalue weighted by Gasteiger charge is -2.31. The van der Waals surface area contributed by atoms with Crippen LogP contribution in [0, 0.1) is 5.82 Å². The number of aromatic nitrogens is 1. The molecule has 4 N–H and O–H groups in total. The molecule has 0 bridgehead atoms. The van der Waals surface area contributed by atoms with Gasteiger partial charge in [-0.15, -0.1) is 0 Å². The Bertz CT molecular complexity index is 1370. The molecule has 1 saturated carbocycles. The van der Waals surface area contributed by atoms with Gasteiger partial charge in [0.05, 0.1) is 36.2 Å². The number of carbonyl (C=O) groups excluding carboxylic acids is 1. The van der Waals surface area contributed by atoms with Gasteiger partial charge in [-0.1, -0.05) is 11.6 Å². The van der Waals surface area contributed by atoms with Gasteiger partial charge in [0, 0.05) is 11.1 Å². The van der Waals surface area contributed by atoms with Crippen molar-refractivity contribution in [3.8, 4) is 22.8 Å². The van der Waals surface area contributed by atoms with Crippen molar-refractivity contribution in [1.29, 1.82) is 0 Å². The van der Waals surface area contributed by atoms with Crippen molar-refractivity contribution in [2.75, 3.05) is 20.2 Å². The summed E-state index contributed by atoms with van der Waals surface area (Å²) in [6.07, 6.45) is -3.19. The van der Waals surface area contributed by atoms with Crippen LogP contribution >= 0.6 is 11.6 Å². The van der Waals surface area contributed by atoms with E-state index in [0.29, 0.717) is 11.3 Å². The van der Waals surface area contributed by atoms with E-state index in [1.54, 1.807) is 0 Å². The summed E-state index contributed by atoms with van der Waals surface area (Å²) in [5, 5.41) is 12.9. The van der Waals surface area contributed by atoms with Crippen LogP contribution in [0.25, 0.3) is 11.3 Å². The fourth-order valence-corrected chi connectivity index (χ4v) is 4.01. The number of halogens is 5. The number of methoxy groups -OCH3 is 1. The van der Waals surface area contributed by atoms with Gasteiger partial charge >= 0.3 is 6.18 Å². The van der Waals surface area contributed by atoms with E-state index in [1.165, 1.54) is 43.5 Å². The van der Waals surface area contributed by atoms with Gasteiger partial charge < -0.3 is 25.6 Å². The van der Waals surface area contributed by atoms with Crippen molar-refractivity contribution in [3.63, 3.8) is 0 Å². The van der Waals surface area contributed by atoms with Gasteiger partial charge in [-0.3, -0.25) is 4.79 Å². The van der Waals surface area contributed by atoms with Gasteiger partial charge in [-0.25, -0.2) is 9.37 Å². The predicted molar refractivity (Wildman–Crippen MR) is 136 cm³/mol. The second-order valence-electron chi connectivity index (χ2n) is 9.14. The van der Waals surface area contributed by atoms with Crippen LogP contribution in [0.1, 0.15) is 34.5 Å². The van der Waals surface area contributed by atoms with E-state index < -0.39 is 35.7 Å². The first-order chi connectivity index (χ1) is 18.4. The van der Waals surface area contributed by atoms with E-state index in [0.717, 1.165) is 25.0 Å². The third-order valence-corrected chi connectivity index (χ3v) is 6.46. The van der Waals surface area contributed by atoms with Crippen LogP contribution in [0.4, 0.5) is 17.6 Å². The molecule has 2 aromatic carbocycles. The van der Waals surface area contributed by atoms with E-state index in [2.05, 4.69) is 10.3 Å². The molecule has 1 unspecified atom stereocenters. The number of pyridine rings is 1. The van der Waals surface area contributed by atoms with E-state index >= 15 is 0 Å². The maximum Gasteiger partial charge on any atom is 0.424 e. The third-order valence-electron chi connectivity index (χ3n) is 6.17. The smallest absolute Gasteiger partial charge is 0.424 e. The second-order valence-corrected chi connectivity index (χ2v) is 9.54. The number of nitrogens with one attached hydrogen (secondary N) is 1. The summed E-state index contributed by atoms with van der Waals surface area (Å²) in [6.45, 7) is -1.13. The number of carbonyl (C=O) groups is 1. The molecular weight excluding hydrogens is 542 g/mol. The highest BCUT2D eigenvalue weighted by Gasteiger charge is 2.56. The highest BCUT2D eigenvalue weighted by molar-refractivity contribution is 6.31. The number of nitrogens with zero attached hydrogens (tertiary/aromatic N) is 1. The van der Waals surface area contributed by atoms with Gasteiger partial charge in [0.1, 0.15) is 5.82 Å². The van der Waals surface area contributed by atoms with E-state index in [1.807, 2.05) is 0 Å². The lowest BCUT2D eigenvalue weighted by Crippen LogP contribution is -2.51. The lowest BCUT2D eigenvalue weighted by atomic mass is 9.94. The normalized spacial score (nSPS) is 15.0. The lowest BCUT2D eigenvalue weighted by molar-refractivity contribution is -0.265. The van der Waals surface area contributed by atoms with Gasteiger partial charge in [-0.05, 0) is 79.9 Å². The Balaban J connectivity index is 1.65. The second kappa shape index (κ2) is 11.4.